The van der Waals surface area contributed by atoms with Crippen LogP contribution in [0.2, 0.25) is 0 Å². The molecule has 1 heterocycles. The summed E-state index contributed by atoms with van der Waals surface area (Å²) in [6.45, 7) is 5.22. The number of aromatic nitrogens is 1. The number of hydrogen-bond donors (Lipinski definition) is 2. The minimum Gasteiger partial charge on any atom is -0.395 e. The van der Waals surface area contributed by atoms with Crippen LogP contribution < -0.4 is 5.32 Å². The van der Waals surface area contributed by atoms with Crippen molar-refractivity contribution in [1.82, 2.24) is 9.88 Å². The molecule has 2 N–H and O–H groups in total. The van der Waals surface area contributed by atoms with Gasteiger partial charge in [-0.2, -0.15) is 0 Å². The smallest absolute Gasteiger partial charge is 0.257 e. The second-order valence-corrected chi connectivity index (χ2v) is 5.25. The van der Waals surface area contributed by atoms with E-state index in [9.17, 15) is 4.79 Å². The molecule has 5 nitrogen and oxygen atoms in total. The van der Waals surface area contributed by atoms with Gasteiger partial charge < -0.3 is 15.3 Å². The van der Waals surface area contributed by atoms with Crippen molar-refractivity contribution in [3.63, 3.8) is 0 Å². The summed E-state index contributed by atoms with van der Waals surface area (Å²) < 4.78 is 0. The molecule has 0 radical (unpaired) electrons. The lowest BCUT2D eigenvalue weighted by Gasteiger charge is -2.23. The minimum atomic E-state index is -0.0346. The first kappa shape index (κ1) is 14.8. The fraction of sp³-hybridized carbons (Fsp3) is 0.600. The van der Waals surface area contributed by atoms with E-state index in [1.54, 1.807) is 11.1 Å². The van der Waals surface area contributed by atoms with Crippen molar-refractivity contribution in [2.75, 3.05) is 25.0 Å². The van der Waals surface area contributed by atoms with E-state index in [2.05, 4.69) is 17.2 Å². The molecule has 0 atom stereocenters. The Morgan fingerprint density at radius 2 is 2.30 bits per heavy atom. The molecule has 1 fully saturated rings. The van der Waals surface area contributed by atoms with Crippen LogP contribution in [0.15, 0.2) is 12.3 Å². The zero-order chi connectivity index (χ0) is 14.5. The normalized spacial score (nSPS) is 14.2. The Labute approximate surface area is 120 Å². The SMILES string of the molecule is CCCNc1cc(C)ncc1C(=O)N(CCO)C1CC1. The van der Waals surface area contributed by atoms with E-state index in [4.69, 9.17) is 5.11 Å². The van der Waals surface area contributed by atoms with Crippen LogP contribution in [0.5, 0.6) is 0 Å². The summed E-state index contributed by atoms with van der Waals surface area (Å²) in [7, 11) is 0. The van der Waals surface area contributed by atoms with Crippen LogP contribution in [0, 0.1) is 6.92 Å². The van der Waals surface area contributed by atoms with Gasteiger partial charge >= 0.3 is 0 Å². The lowest BCUT2D eigenvalue weighted by atomic mass is 10.1. The average Bonchev–Trinajstić information content (AvgIpc) is 3.26. The fourth-order valence-corrected chi connectivity index (χ4v) is 2.23. The van der Waals surface area contributed by atoms with E-state index < -0.39 is 0 Å². The van der Waals surface area contributed by atoms with Crippen molar-refractivity contribution in [3.8, 4) is 0 Å². The van der Waals surface area contributed by atoms with Gasteiger partial charge in [-0.15, -0.1) is 0 Å². The average molecular weight is 277 g/mol. The molecule has 1 aliphatic carbocycles. The number of aryl methyl sites for hydroxylation is 1. The van der Waals surface area contributed by atoms with Gasteiger partial charge in [0.1, 0.15) is 0 Å². The van der Waals surface area contributed by atoms with Crippen molar-refractivity contribution in [3.05, 3.63) is 23.5 Å². The van der Waals surface area contributed by atoms with Gasteiger partial charge in [0.25, 0.3) is 5.91 Å². The summed E-state index contributed by atoms with van der Waals surface area (Å²) in [4.78, 5) is 18.7. The zero-order valence-corrected chi connectivity index (χ0v) is 12.2. The lowest BCUT2D eigenvalue weighted by molar-refractivity contribution is 0.0708. The van der Waals surface area contributed by atoms with Gasteiger partial charge in [0.15, 0.2) is 0 Å². The number of nitrogens with one attached hydrogen (secondary N) is 1. The fourth-order valence-electron chi connectivity index (χ4n) is 2.23. The number of pyridine rings is 1. The Hall–Kier alpha value is -1.62. The quantitative estimate of drug-likeness (QED) is 0.797. The molecule has 5 heteroatoms. The summed E-state index contributed by atoms with van der Waals surface area (Å²) in [6.07, 6.45) is 4.70. The maximum Gasteiger partial charge on any atom is 0.257 e. The van der Waals surface area contributed by atoms with Gasteiger partial charge in [0, 0.05) is 31.0 Å². The van der Waals surface area contributed by atoms with Crippen LogP contribution in [0.25, 0.3) is 0 Å². The second kappa shape index (κ2) is 6.70. The summed E-state index contributed by atoms with van der Waals surface area (Å²) >= 11 is 0. The summed E-state index contributed by atoms with van der Waals surface area (Å²) in [5, 5.41) is 12.4. The van der Waals surface area contributed by atoms with Crippen LogP contribution >= 0.6 is 0 Å². The first-order chi connectivity index (χ1) is 9.67. The Kier molecular flexibility index (Phi) is 4.95. The van der Waals surface area contributed by atoms with Crippen LogP contribution in [0.3, 0.4) is 0 Å². The first-order valence-corrected chi connectivity index (χ1v) is 7.29. The molecular formula is C15H23N3O2. The van der Waals surface area contributed by atoms with E-state index in [-0.39, 0.29) is 18.6 Å². The second-order valence-electron chi connectivity index (χ2n) is 5.25. The molecule has 1 saturated carbocycles. The first-order valence-electron chi connectivity index (χ1n) is 7.29. The van der Waals surface area contributed by atoms with Gasteiger partial charge in [-0.05, 0) is 32.3 Å². The van der Waals surface area contributed by atoms with Crippen LogP contribution in [-0.4, -0.2) is 46.6 Å². The Morgan fingerprint density at radius 1 is 1.55 bits per heavy atom. The molecule has 0 spiro atoms. The number of aliphatic hydroxyl groups is 1. The van der Waals surface area contributed by atoms with E-state index in [0.717, 1.165) is 37.2 Å². The highest BCUT2D eigenvalue weighted by molar-refractivity contribution is 5.99. The summed E-state index contributed by atoms with van der Waals surface area (Å²) in [5.74, 6) is -0.0346. The standard InChI is InChI=1S/C15H23N3O2/c1-3-6-16-14-9-11(2)17-10-13(14)15(20)18(7-8-19)12-4-5-12/h9-10,12,19H,3-8H2,1-2H3,(H,16,17). The largest absolute Gasteiger partial charge is 0.395 e. The molecule has 0 aliphatic heterocycles. The van der Waals surface area contributed by atoms with Gasteiger partial charge in [0.2, 0.25) is 0 Å². The Bertz CT molecular complexity index is 472. The van der Waals surface area contributed by atoms with Crippen LogP contribution in [0.4, 0.5) is 5.69 Å². The number of anilines is 1. The van der Waals surface area contributed by atoms with Crippen LogP contribution in [-0.2, 0) is 0 Å². The van der Waals surface area contributed by atoms with Crippen molar-refractivity contribution < 1.29 is 9.90 Å². The third kappa shape index (κ3) is 3.48. The lowest BCUT2D eigenvalue weighted by Crippen LogP contribution is -2.36. The number of hydrogen-bond acceptors (Lipinski definition) is 4. The monoisotopic (exact) mass is 277 g/mol. The molecule has 20 heavy (non-hydrogen) atoms. The zero-order valence-electron chi connectivity index (χ0n) is 12.2. The molecule has 1 aromatic rings. The number of aliphatic hydroxyl groups excluding tert-OH is 1. The van der Waals surface area contributed by atoms with Crippen molar-refractivity contribution >= 4 is 11.6 Å². The van der Waals surface area contributed by atoms with E-state index in [1.807, 2.05) is 13.0 Å². The maximum atomic E-state index is 12.6. The summed E-state index contributed by atoms with van der Waals surface area (Å²) in [6, 6.07) is 2.20. The van der Waals surface area contributed by atoms with Crippen molar-refractivity contribution in [2.24, 2.45) is 0 Å². The third-order valence-electron chi connectivity index (χ3n) is 3.43. The highest BCUT2D eigenvalue weighted by Gasteiger charge is 2.33. The van der Waals surface area contributed by atoms with E-state index in [1.165, 1.54) is 0 Å². The van der Waals surface area contributed by atoms with E-state index in [0.29, 0.717) is 12.1 Å². The molecule has 0 saturated heterocycles. The molecule has 2 rings (SSSR count). The van der Waals surface area contributed by atoms with Gasteiger partial charge in [-0.1, -0.05) is 6.92 Å². The molecule has 0 bridgehead atoms. The molecule has 1 aromatic heterocycles. The topological polar surface area (TPSA) is 65.5 Å². The maximum absolute atomic E-state index is 12.6. The Balaban J connectivity index is 2.22. The Morgan fingerprint density at radius 3 is 2.90 bits per heavy atom. The van der Waals surface area contributed by atoms with Gasteiger partial charge in [-0.3, -0.25) is 9.78 Å². The highest BCUT2D eigenvalue weighted by Crippen LogP contribution is 2.29. The highest BCUT2D eigenvalue weighted by atomic mass is 16.3. The molecule has 1 amide bonds. The molecule has 0 unspecified atom stereocenters. The van der Waals surface area contributed by atoms with Gasteiger partial charge in [-0.25, -0.2) is 0 Å². The molecule has 110 valence electrons. The predicted octanol–water partition coefficient (Wildman–Crippen LogP) is 1.81. The minimum absolute atomic E-state index is 0.000742. The number of amides is 1. The number of carbonyl (C=O) groups is 1. The van der Waals surface area contributed by atoms with Gasteiger partial charge in [0.05, 0.1) is 17.9 Å². The molecule has 1 aliphatic rings. The van der Waals surface area contributed by atoms with E-state index >= 15 is 0 Å². The number of rotatable bonds is 7. The van der Waals surface area contributed by atoms with Crippen molar-refractivity contribution in [2.45, 2.75) is 39.2 Å². The van der Waals surface area contributed by atoms with Crippen LogP contribution in [0.1, 0.15) is 42.2 Å². The molecular weight excluding hydrogens is 254 g/mol. The predicted molar refractivity (Wildman–Crippen MR) is 78.9 cm³/mol. The number of nitrogens with zero attached hydrogens (tertiary/aromatic N) is 2. The third-order valence-corrected chi connectivity index (χ3v) is 3.43. The van der Waals surface area contributed by atoms with Crippen molar-refractivity contribution in [1.29, 1.82) is 0 Å². The molecule has 0 aromatic carbocycles. The number of carbonyl (C=O) groups excluding carboxylic acids is 1. The summed E-state index contributed by atoms with van der Waals surface area (Å²) in [5.41, 5.74) is 2.33.